The van der Waals surface area contributed by atoms with Crippen molar-refractivity contribution in [3.63, 3.8) is 0 Å². The third-order valence-electron chi connectivity index (χ3n) is 2.84. The van der Waals surface area contributed by atoms with Gasteiger partial charge in [0.05, 0.1) is 17.5 Å². The molecule has 20 heavy (non-hydrogen) atoms. The van der Waals surface area contributed by atoms with Gasteiger partial charge >= 0.3 is 0 Å². The molecule has 0 fully saturated rings. The summed E-state index contributed by atoms with van der Waals surface area (Å²) in [5, 5.41) is 8.66. The number of nitrogens with one attached hydrogen (secondary N) is 1. The summed E-state index contributed by atoms with van der Waals surface area (Å²) in [7, 11) is -3.37. The van der Waals surface area contributed by atoms with Gasteiger partial charge in [-0.15, -0.1) is 0 Å². The molecule has 0 bridgehead atoms. The van der Waals surface area contributed by atoms with E-state index in [-0.39, 0.29) is 18.5 Å². The summed E-state index contributed by atoms with van der Waals surface area (Å²) in [6, 6.07) is 6.92. The van der Waals surface area contributed by atoms with Gasteiger partial charge in [0, 0.05) is 12.7 Å². The minimum absolute atomic E-state index is 0.00398. The summed E-state index contributed by atoms with van der Waals surface area (Å²) in [5.41, 5.74) is 0.495. The predicted octanol–water partition coefficient (Wildman–Crippen LogP) is 2.38. The zero-order valence-electron chi connectivity index (χ0n) is 12.0. The Balaban J connectivity index is 2.65. The van der Waals surface area contributed by atoms with Gasteiger partial charge in [-0.1, -0.05) is 13.0 Å². The first-order chi connectivity index (χ1) is 9.46. The molecule has 5 nitrogen and oxygen atoms in total. The molecule has 6 heteroatoms. The number of aliphatic hydroxyl groups is 1. The average molecular weight is 301 g/mol. The lowest BCUT2D eigenvalue weighted by atomic mass is 10.3. The normalized spacial score (nSPS) is 12.9. The number of hydrogen-bond donors (Lipinski definition) is 2. The molecule has 0 spiro atoms. The van der Waals surface area contributed by atoms with Crippen molar-refractivity contribution in [2.24, 2.45) is 0 Å². The quantitative estimate of drug-likeness (QED) is 0.687. The number of aliphatic hydroxyl groups excluding tert-OH is 1. The summed E-state index contributed by atoms with van der Waals surface area (Å²) in [5.74, 6) is 0.652. The molecular weight excluding hydrogens is 278 g/mol. The fraction of sp³-hybridized carbons (Fsp3) is 0.571. The van der Waals surface area contributed by atoms with Crippen LogP contribution < -0.4 is 9.46 Å². The second-order valence-corrected chi connectivity index (χ2v) is 6.56. The summed E-state index contributed by atoms with van der Waals surface area (Å²) < 4.78 is 31.8. The Morgan fingerprint density at radius 2 is 2.10 bits per heavy atom. The van der Waals surface area contributed by atoms with Crippen LogP contribution in [0.3, 0.4) is 0 Å². The minimum Gasteiger partial charge on any atom is -0.491 e. The number of anilines is 1. The molecule has 114 valence electrons. The lowest BCUT2D eigenvalue weighted by Gasteiger charge is -2.14. The zero-order valence-corrected chi connectivity index (χ0v) is 12.8. The fourth-order valence-electron chi connectivity index (χ4n) is 1.58. The molecule has 2 N–H and O–H groups in total. The highest BCUT2D eigenvalue weighted by Crippen LogP contribution is 2.20. The molecule has 1 unspecified atom stereocenters. The van der Waals surface area contributed by atoms with E-state index in [2.05, 4.69) is 4.72 Å². The monoisotopic (exact) mass is 301 g/mol. The number of hydrogen-bond acceptors (Lipinski definition) is 4. The van der Waals surface area contributed by atoms with Gasteiger partial charge in [0.2, 0.25) is 10.0 Å². The maximum Gasteiger partial charge on any atom is 0.232 e. The molecule has 0 aliphatic heterocycles. The number of sulfonamides is 1. The summed E-state index contributed by atoms with van der Waals surface area (Å²) >= 11 is 0. The van der Waals surface area contributed by atoms with E-state index in [1.165, 1.54) is 0 Å². The van der Waals surface area contributed by atoms with Crippen LogP contribution in [0, 0.1) is 0 Å². The molecule has 1 atom stereocenters. The minimum atomic E-state index is -3.37. The van der Waals surface area contributed by atoms with Crippen molar-refractivity contribution in [3.05, 3.63) is 24.3 Å². The van der Waals surface area contributed by atoms with Crippen LogP contribution >= 0.6 is 0 Å². The topological polar surface area (TPSA) is 75.6 Å². The van der Waals surface area contributed by atoms with E-state index >= 15 is 0 Å². The molecule has 0 saturated carbocycles. The molecule has 0 amide bonds. The van der Waals surface area contributed by atoms with Crippen molar-refractivity contribution < 1.29 is 18.3 Å². The first-order valence-corrected chi connectivity index (χ1v) is 8.50. The van der Waals surface area contributed by atoms with Gasteiger partial charge in [-0.05, 0) is 38.3 Å². The molecule has 0 aliphatic carbocycles. The van der Waals surface area contributed by atoms with E-state index in [0.717, 1.165) is 6.42 Å². The van der Waals surface area contributed by atoms with Crippen molar-refractivity contribution in [1.82, 2.24) is 0 Å². The highest BCUT2D eigenvalue weighted by atomic mass is 32.2. The Kier molecular flexibility index (Phi) is 6.81. The van der Waals surface area contributed by atoms with Crippen LogP contribution in [0.1, 0.15) is 33.1 Å². The van der Waals surface area contributed by atoms with Crippen LogP contribution in [0.2, 0.25) is 0 Å². The maximum atomic E-state index is 11.8. The van der Waals surface area contributed by atoms with Crippen LogP contribution in [0.4, 0.5) is 5.69 Å². The third kappa shape index (κ3) is 6.25. The Bertz CT molecular complexity index is 502. The van der Waals surface area contributed by atoms with E-state index in [1.54, 1.807) is 24.3 Å². The van der Waals surface area contributed by atoms with E-state index in [0.29, 0.717) is 24.3 Å². The Morgan fingerprint density at radius 3 is 2.75 bits per heavy atom. The molecule has 0 radical (unpaired) electrons. The highest BCUT2D eigenvalue weighted by molar-refractivity contribution is 7.92. The van der Waals surface area contributed by atoms with Gasteiger partial charge in [0.1, 0.15) is 5.75 Å². The summed E-state index contributed by atoms with van der Waals surface area (Å²) in [6.45, 7) is 4.00. The average Bonchev–Trinajstić information content (AvgIpc) is 2.38. The molecule has 0 aliphatic rings. The van der Waals surface area contributed by atoms with Crippen LogP contribution in [0.25, 0.3) is 0 Å². The van der Waals surface area contributed by atoms with E-state index < -0.39 is 10.0 Å². The Labute approximate surface area is 121 Å². The van der Waals surface area contributed by atoms with E-state index in [1.807, 2.05) is 13.8 Å². The van der Waals surface area contributed by atoms with Gasteiger partial charge in [-0.25, -0.2) is 8.42 Å². The number of unbranched alkanes of at least 4 members (excludes halogenated alkanes) is 1. The molecule has 0 aromatic heterocycles. The lowest BCUT2D eigenvalue weighted by molar-refractivity contribution is 0.217. The predicted molar refractivity (Wildman–Crippen MR) is 80.6 cm³/mol. The number of benzene rings is 1. The van der Waals surface area contributed by atoms with Crippen molar-refractivity contribution >= 4 is 15.7 Å². The van der Waals surface area contributed by atoms with Crippen molar-refractivity contribution in [3.8, 4) is 5.75 Å². The molecule has 1 aromatic carbocycles. The standard InChI is InChI=1S/C14H23NO4S/c1-3-12(2)19-14-8-6-7-13(11-14)15-20(17,18)10-5-4-9-16/h6-8,11-12,15-16H,3-5,9-10H2,1-2H3. The van der Waals surface area contributed by atoms with Crippen molar-refractivity contribution in [2.45, 2.75) is 39.2 Å². The molecule has 1 aromatic rings. The highest BCUT2D eigenvalue weighted by Gasteiger charge is 2.10. The largest absolute Gasteiger partial charge is 0.491 e. The van der Waals surface area contributed by atoms with Crippen molar-refractivity contribution in [2.75, 3.05) is 17.1 Å². The first kappa shape index (κ1) is 16.8. The van der Waals surface area contributed by atoms with Crippen molar-refractivity contribution in [1.29, 1.82) is 0 Å². The van der Waals surface area contributed by atoms with E-state index in [9.17, 15) is 8.42 Å². The second kappa shape index (κ2) is 8.11. The Morgan fingerprint density at radius 1 is 1.35 bits per heavy atom. The fourth-order valence-corrected chi connectivity index (χ4v) is 2.76. The summed E-state index contributed by atoms with van der Waals surface area (Å²) in [4.78, 5) is 0. The number of rotatable bonds is 9. The SMILES string of the molecule is CCC(C)Oc1cccc(NS(=O)(=O)CCCCO)c1. The first-order valence-electron chi connectivity index (χ1n) is 6.85. The van der Waals surface area contributed by atoms with Gasteiger partial charge in [0.25, 0.3) is 0 Å². The third-order valence-corrected chi connectivity index (χ3v) is 4.21. The zero-order chi connectivity index (χ0) is 15.0. The van der Waals surface area contributed by atoms with E-state index in [4.69, 9.17) is 9.84 Å². The van der Waals surface area contributed by atoms with Crippen LogP contribution in [-0.4, -0.2) is 32.0 Å². The molecule has 0 saturated heterocycles. The molecule has 0 heterocycles. The second-order valence-electron chi connectivity index (χ2n) is 4.72. The van der Waals surface area contributed by atoms with Gasteiger partial charge in [-0.2, -0.15) is 0 Å². The lowest BCUT2D eigenvalue weighted by Crippen LogP contribution is -2.17. The van der Waals surface area contributed by atoms with Gasteiger partial charge in [0.15, 0.2) is 0 Å². The van der Waals surface area contributed by atoms with Crippen LogP contribution in [0.15, 0.2) is 24.3 Å². The summed E-state index contributed by atoms with van der Waals surface area (Å²) in [6.07, 6.45) is 1.90. The van der Waals surface area contributed by atoms with Gasteiger partial charge < -0.3 is 9.84 Å². The Hall–Kier alpha value is -1.27. The molecular formula is C14H23NO4S. The van der Waals surface area contributed by atoms with Crippen LogP contribution in [-0.2, 0) is 10.0 Å². The van der Waals surface area contributed by atoms with Gasteiger partial charge in [-0.3, -0.25) is 4.72 Å². The maximum absolute atomic E-state index is 11.8. The molecule has 1 rings (SSSR count). The smallest absolute Gasteiger partial charge is 0.232 e. The van der Waals surface area contributed by atoms with Crippen LogP contribution in [0.5, 0.6) is 5.75 Å². The number of ether oxygens (including phenoxy) is 1.